The fourth-order valence-electron chi connectivity index (χ4n) is 4.00. The molecule has 23 heavy (non-hydrogen) atoms. The smallest absolute Gasteiger partial charge is 0.347 e. The van der Waals surface area contributed by atoms with Crippen LogP contribution >= 0.6 is 0 Å². The predicted molar refractivity (Wildman–Crippen MR) is 79.4 cm³/mol. The lowest BCUT2D eigenvalue weighted by Gasteiger charge is -2.13. The van der Waals surface area contributed by atoms with E-state index in [4.69, 9.17) is 18.6 Å². The summed E-state index contributed by atoms with van der Waals surface area (Å²) in [6.07, 6.45) is 1.36. The van der Waals surface area contributed by atoms with Gasteiger partial charge in [0.1, 0.15) is 22.6 Å². The van der Waals surface area contributed by atoms with Crippen LogP contribution < -0.4 is 15.1 Å². The predicted octanol–water partition coefficient (Wildman–Crippen LogP) is 2.15. The number of fused-ring (bicyclic) bond motifs is 7. The number of hydrogen-bond acceptors (Lipinski definition) is 6. The molecule has 3 heterocycles. The molecule has 118 valence electrons. The number of aryl methyl sites for hydroxylation is 1. The lowest BCUT2D eigenvalue weighted by Crippen LogP contribution is -2.14. The molecule has 0 bridgehead atoms. The second-order valence-corrected chi connectivity index (χ2v) is 6.11. The van der Waals surface area contributed by atoms with Crippen molar-refractivity contribution in [3.63, 3.8) is 0 Å². The lowest BCUT2D eigenvalue weighted by molar-refractivity contribution is -0.0337. The SMILES string of the molecule is COc1cc2c(c3oc(=O)c4c(c13)CCC4=O)[C@H]1CCO[C@@H]1O2. The fourth-order valence-corrected chi connectivity index (χ4v) is 4.00. The number of hydrogen-bond donors (Lipinski definition) is 0. The van der Waals surface area contributed by atoms with E-state index in [0.717, 1.165) is 22.9 Å². The van der Waals surface area contributed by atoms with E-state index in [-0.39, 0.29) is 23.6 Å². The van der Waals surface area contributed by atoms with Crippen molar-refractivity contribution in [3.8, 4) is 11.5 Å². The third-order valence-corrected chi connectivity index (χ3v) is 5.00. The quantitative estimate of drug-likeness (QED) is 0.751. The van der Waals surface area contributed by atoms with Gasteiger partial charge in [-0.15, -0.1) is 0 Å². The lowest BCUT2D eigenvalue weighted by atomic mass is 9.94. The minimum atomic E-state index is -0.562. The van der Waals surface area contributed by atoms with Crippen LogP contribution in [0.5, 0.6) is 11.5 Å². The van der Waals surface area contributed by atoms with Gasteiger partial charge in [0.15, 0.2) is 5.78 Å². The van der Waals surface area contributed by atoms with Crippen LogP contribution in [0.1, 0.15) is 40.2 Å². The number of rotatable bonds is 1. The largest absolute Gasteiger partial charge is 0.496 e. The number of carbonyl (C=O) groups is 1. The summed E-state index contributed by atoms with van der Waals surface area (Å²) in [5.41, 5.74) is 1.70. The number of Topliss-reactive ketones (excluding diaryl/α,β-unsaturated/α-hetero) is 1. The first-order valence-corrected chi connectivity index (χ1v) is 7.71. The molecule has 6 heteroatoms. The Morgan fingerprint density at radius 3 is 2.96 bits per heavy atom. The van der Waals surface area contributed by atoms with Crippen molar-refractivity contribution >= 4 is 16.8 Å². The van der Waals surface area contributed by atoms with Gasteiger partial charge >= 0.3 is 5.63 Å². The second kappa shape index (κ2) is 4.35. The van der Waals surface area contributed by atoms with Gasteiger partial charge in [-0.3, -0.25) is 4.79 Å². The molecule has 6 nitrogen and oxygen atoms in total. The third kappa shape index (κ3) is 1.56. The molecule has 0 radical (unpaired) electrons. The van der Waals surface area contributed by atoms with Gasteiger partial charge in [0.05, 0.1) is 25.0 Å². The maximum absolute atomic E-state index is 12.3. The van der Waals surface area contributed by atoms with E-state index in [0.29, 0.717) is 36.5 Å². The minimum absolute atomic E-state index is 0.0525. The van der Waals surface area contributed by atoms with E-state index in [1.807, 2.05) is 6.07 Å². The van der Waals surface area contributed by atoms with Crippen molar-refractivity contribution in [2.45, 2.75) is 31.5 Å². The summed E-state index contributed by atoms with van der Waals surface area (Å²) in [6.45, 7) is 0.621. The van der Waals surface area contributed by atoms with Crippen LogP contribution in [-0.4, -0.2) is 25.8 Å². The second-order valence-electron chi connectivity index (χ2n) is 6.11. The monoisotopic (exact) mass is 314 g/mol. The highest BCUT2D eigenvalue weighted by Crippen LogP contribution is 2.51. The molecule has 1 aromatic carbocycles. The van der Waals surface area contributed by atoms with Gasteiger partial charge < -0.3 is 18.6 Å². The average molecular weight is 314 g/mol. The Balaban J connectivity index is 1.92. The zero-order valence-electron chi connectivity index (χ0n) is 12.5. The number of carbonyl (C=O) groups excluding carboxylic acids is 1. The van der Waals surface area contributed by atoms with Crippen molar-refractivity contribution < 1.29 is 23.4 Å². The average Bonchev–Trinajstić information content (AvgIpc) is 3.20. The number of benzene rings is 1. The van der Waals surface area contributed by atoms with E-state index in [1.54, 1.807) is 7.11 Å². The van der Waals surface area contributed by atoms with E-state index in [2.05, 4.69) is 0 Å². The summed E-state index contributed by atoms with van der Waals surface area (Å²) in [5.74, 6) is 1.10. The van der Waals surface area contributed by atoms with Crippen molar-refractivity contribution in [3.05, 3.63) is 33.2 Å². The Hall–Kier alpha value is -2.34. The molecule has 5 rings (SSSR count). The Kier molecular flexibility index (Phi) is 2.48. The van der Waals surface area contributed by atoms with Crippen LogP contribution in [0.4, 0.5) is 0 Å². The van der Waals surface area contributed by atoms with E-state index in [9.17, 15) is 9.59 Å². The molecule has 2 aromatic rings. The summed E-state index contributed by atoms with van der Waals surface area (Å²) in [5, 5.41) is 0.725. The number of ether oxygens (including phenoxy) is 3. The zero-order valence-corrected chi connectivity index (χ0v) is 12.5. The van der Waals surface area contributed by atoms with Crippen molar-refractivity contribution in [2.24, 2.45) is 0 Å². The molecule has 0 N–H and O–H groups in total. The summed E-state index contributed by atoms with van der Waals surface area (Å²) in [7, 11) is 1.56. The molecule has 0 spiro atoms. The van der Waals surface area contributed by atoms with Gasteiger partial charge in [0, 0.05) is 18.1 Å². The zero-order chi connectivity index (χ0) is 15.7. The Labute approximate surface area is 130 Å². The van der Waals surface area contributed by atoms with Gasteiger partial charge in [-0.2, -0.15) is 0 Å². The van der Waals surface area contributed by atoms with Gasteiger partial charge in [0.2, 0.25) is 6.29 Å². The molecule has 2 atom stereocenters. The molecule has 1 aliphatic carbocycles. The molecule has 3 aliphatic rings. The van der Waals surface area contributed by atoms with Crippen molar-refractivity contribution in [1.82, 2.24) is 0 Å². The van der Waals surface area contributed by atoms with Crippen LogP contribution in [0.25, 0.3) is 11.0 Å². The Morgan fingerprint density at radius 1 is 1.26 bits per heavy atom. The molecule has 2 aliphatic heterocycles. The van der Waals surface area contributed by atoms with E-state index >= 15 is 0 Å². The number of methoxy groups -OCH3 is 1. The fraction of sp³-hybridized carbons (Fsp3) is 0.412. The molecule has 1 saturated heterocycles. The molecule has 1 fully saturated rings. The highest BCUT2D eigenvalue weighted by atomic mass is 16.7. The minimum Gasteiger partial charge on any atom is -0.496 e. The summed E-state index contributed by atoms with van der Waals surface area (Å²) >= 11 is 0. The normalized spacial score (nSPS) is 24.5. The summed E-state index contributed by atoms with van der Waals surface area (Å²) in [4.78, 5) is 24.3. The standard InChI is InChI=1S/C17H14O6/c1-20-10-6-11-14(8-4-5-21-17(8)22-11)15-13(10)7-2-3-9(18)12(7)16(19)23-15/h6,8,17H,2-5H2,1H3/t8-,17-/m1/s1. The Bertz CT molecular complexity index is 925. The van der Waals surface area contributed by atoms with E-state index in [1.165, 1.54) is 0 Å². The van der Waals surface area contributed by atoms with Crippen molar-refractivity contribution in [1.29, 1.82) is 0 Å². The molecule has 0 amide bonds. The molecule has 0 saturated carbocycles. The van der Waals surface area contributed by atoms with Crippen LogP contribution in [0.2, 0.25) is 0 Å². The van der Waals surface area contributed by atoms with Gasteiger partial charge in [-0.1, -0.05) is 0 Å². The molecule has 0 unspecified atom stereocenters. The van der Waals surface area contributed by atoms with Crippen LogP contribution in [0.15, 0.2) is 15.3 Å². The molecular weight excluding hydrogens is 300 g/mol. The van der Waals surface area contributed by atoms with Crippen LogP contribution in [0, 0.1) is 0 Å². The van der Waals surface area contributed by atoms with Gasteiger partial charge in [0.25, 0.3) is 0 Å². The first-order valence-electron chi connectivity index (χ1n) is 7.71. The van der Waals surface area contributed by atoms with Crippen LogP contribution in [-0.2, 0) is 11.2 Å². The number of ketones is 1. The highest BCUT2D eigenvalue weighted by Gasteiger charge is 2.43. The van der Waals surface area contributed by atoms with E-state index < -0.39 is 5.63 Å². The summed E-state index contributed by atoms with van der Waals surface area (Å²) < 4.78 is 22.5. The Morgan fingerprint density at radius 2 is 2.13 bits per heavy atom. The third-order valence-electron chi connectivity index (χ3n) is 5.00. The van der Waals surface area contributed by atoms with Crippen LogP contribution in [0.3, 0.4) is 0 Å². The molecule has 1 aromatic heterocycles. The van der Waals surface area contributed by atoms with Crippen molar-refractivity contribution in [2.75, 3.05) is 13.7 Å². The summed E-state index contributed by atoms with van der Waals surface area (Å²) in [6, 6.07) is 1.81. The first-order chi connectivity index (χ1) is 11.2. The molecular formula is C17H14O6. The maximum atomic E-state index is 12.3. The topological polar surface area (TPSA) is 75.0 Å². The van der Waals surface area contributed by atoms with Gasteiger partial charge in [-0.25, -0.2) is 4.79 Å². The maximum Gasteiger partial charge on any atom is 0.347 e. The first kappa shape index (κ1) is 13.1. The highest BCUT2D eigenvalue weighted by molar-refractivity contribution is 6.06. The van der Waals surface area contributed by atoms with Gasteiger partial charge in [-0.05, 0) is 18.4 Å².